The van der Waals surface area contributed by atoms with E-state index in [1.165, 1.54) is 0 Å². The van der Waals surface area contributed by atoms with Crippen molar-refractivity contribution >= 4 is 5.91 Å². The Labute approximate surface area is 108 Å². The van der Waals surface area contributed by atoms with Crippen molar-refractivity contribution in [3.05, 3.63) is 30.1 Å². The van der Waals surface area contributed by atoms with Gasteiger partial charge in [-0.15, -0.1) is 0 Å². The summed E-state index contributed by atoms with van der Waals surface area (Å²) in [5.74, 6) is 0.131. The number of carbonyl (C=O) groups excluding carboxylic acids is 1. The van der Waals surface area contributed by atoms with Crippen molar-refractivity contribution in [1.29, 1.82) is 0 Å². The minimum atomic E-state index is -0.283. The zero-order chi connectivity index (χ0) is 13.0. The maximum atomic E-state index is 12.3. The molecule has 1 aromatic heterocycles. The number of amides is 1. The minimum absolute atomic E-state index is 0.00458. The number of pyridine rings is 1. The molecule has 1 fully saturated rings. The lowest BCUT2D eigenvalue weighted by Gasteiger charge is -2.33. The molecule has 0 saturated carbocycles. The number of rotatable bonds is 3. The Morgan fingerprint density at radius 3 is 3.06 bits per heavy atom. The van der Waals surface area contributed by atoms with Gasteiger partial charge in [0.2, 0.25) is 5.91 Å². The zero-order valence-corrected chi connectivity index (χ0v) is 11.1. The lowest BCUT2D eigenvalue weighted by atomic mass is 9.81. The molecule has 1 aliphatic heterocycles. The summed E-state index contributed by atoms with van der Waals surface area (Å²) in [5, 5.41) is 6.38. The average Bonchev–Trinajstić information content (AvgIpc) is 2.40. The van der Waals surface area contributed by atoms with Crippen LogP contribution >= 0.6 is 0 Å². The fourth-order valence-corrected chi connectivity index (χ4v) is 2.34. The van der Waals surface area contributed by atoms with Crippen molar-refractivity contribution in [3.8, 4) is 0 Å². The Balaban J connectivity index is 1.98. The molecule has 1 aliphatic rings. The maximum Gasteiger partial charge on any atom is 0.227 e. The molecule has 1 aromatic rings. The first-order valence-corrected chi connectivity index (χ1v) is 6.53. The van der Waals surface area contributed by atoms with E-state index in [0.29, 0.717) is 0 Å². The largest absolute Gasteiger partial charge is 0.349 e. The van der Waals surface area contributed by atoms with Crippen LogP contribution in [0.25, 0.3) is 0 Å². The molecule has 1 amide bonds. The molecule has 0 spiro atoms. The smallest absolute Gasteiger partial charge is 0.227 e. The van der Waals surface area contributed by atoms with Crippen molar-refractivity contribution in [1.82, 2.24) is 15.6 Å². The van der Waals surface area contributed by atoms with Gasteiger partial charge >= 0.3 is 0 Å². The fraction of sp³-hybridized carbons (Fsp3) is 0.571. The van der Waals surface area contributed by atoms with Gasteiger partial charge in [0.05, 0.1) is 11.5 Å². The highest BCUT2D eigenvalue weighted by Crippen LogP contribution is 2.26. The molecule has 98 valence electrons. The van der Waals surface area contributed by atoms with E-state index in [-0.39, 0.29) is 17.4 Å². The molecule has 4 nitrogen and oxygen atoms in total. The van der Waals surface area contributed by atoms with Crippen LogP contribution in [-0.2, 0) is 4.79 Å². The van der Waals surface area contributed by atoms with E-state index in [9.17, 15) is 4.79 Å². The zero-order valence-electron chi connectivity index (χ0n) is 11.1. The van der Waals surface area contributed by atoms with E-state index in [0.717, 1.165) is 31.5 Å². The number of carbonyl (C=O) groups is 1. The molecule has 2 rings (SSSR count). The maximum absolute atomic E-state index is 12.3. The standard InChI is InChI=1S/C14H21N3O/c1-11(12-5-3-7-15-9-12)17-13(18)14(2)6-4-8-16-10-14/h3,5,7,9,11,16H,4,6,8,10H2,1-2H3,(H,17,18)/t11-,14?/m0/s1. The molecule has 2 atom stereocenters. The second-order valence-electron chi connectivity index (χ2n) is 5.32. The van der Waals surface area contributed by atoms with Gasteiger partial charge in [0.25, 0.3) is 0 Å². The van der Waals surface area contributed by atoms with Gasteiger partial charge in [-0.25, -0.2) is 0 Å². The first kappa shape index (κ1) is 13.0. The summed E-state index contributed by atoms with van der Waals surface area (Å²) < 4.78 is 0. The molecule has 0 bridgehead atoms. The third kappa shape index (κ3) is 2.88. The number of piperidine rings is 1. The SMILES string of the molecule is C[C@H](NC(=O)C1(C)CCCNC1)c1cccnc1. The Kier molecular flexibility index (Phi) is 3.97. The summed E-state index contributed by atoms with van der Waals surface area (Å²) in [4.78, 5) is 16.4. The van der Waals surface area contributed by atoms with Crippen LogP contribution in [0.5, 0.6) is 0 Å². The summed E-state index contributed by atoms with van der Waals surface area (Å²) >= 11 is 0. The number of hydrogen-bond donors (Lipinski definition) is 2. The van der Waals surface area contributed by atoms with Gasteiger partial charge in [-0.05, 0) is 44.9 Å². The second-order valence-corrected chi connectivity index (χ2v) is 5.32. The van der Waals surface area contributed by atoms with E-state index in [2.05, 4.69) is 15.6 Å². The van der Waals surface area contributed by atoms with Gasteiger partial charge < -0.3 is 10.6 Å². The van der Waals surface area contributed by atoms with Gasteiger partial charge in [-0.3, -0.25) is 9.78 Å². The average molecular weight is 247 g/mol. The molecular formula is C14H21N3O. The van der Waals surface area contributed by atoms with Crippen LogP contribution in [0.1, 0.15) is 38.3 Å². The Morgan fingerprint density at radius 1 is 1.61 bits per heavy atom. The van der Waals surface area contributed by atoms with Crippen LogP contribution in [0.3, 0.4) is 0 Å². The first-order chi connectivity index (χ1) is 8.62. The van der Waals surface area contributed by atoms with Crippen molar-refractivity contribution in [3.63, 3.8) is 0 Å². The summed E-state index contributed by atoms with van der Waals surface area (Å²) in [5.41, 5.74) is 0.757. The first-order valence-electron chi connectivity index (χ1n) is 6.53. The van der Waals surface area contributed by atoms with Crippen LogP contribution in [-0.4, -0.2) is 24.0 Å². The van der Waals surface area contributed by atoms with Crippen LogP contribution in [0.4, 0.5) is 0 Å². The van der Waals surface area contributed by atoms with Crippen LogP contribution < -0.4 is 10.6 Å². The van der Waals surface area contributed by atoms with Crippen LogP contribution in [0, 0.1) is 5.41 Å². The number of nitrogens with zero attached hydrogens (tertiary/aromatic N) is 1. The molecule has 1 unspecified atom stereocenters. The molecule has 18 heavy (non-hydrogen) atoms. The summed E-state index contributed by atoms with van der Waals surface area (Å²) in [7, 11) is 0. The molecule has 4 heteroatoms. The fourth-order valence-electron chi connectivity index (χ4n) is 2.34. The van der Waals surface area contributed by atoms with E-state index in [1.54, 1.807) is 12.4 Å². The Morgan fingerprint density at radius 2 is 2.44 bits per heavy atom. The molecule has 0 radical (unpaired) electrons. The van der Waals surface area contributed by atoms with E-state index in [4.69, 9.17) is 0 Å². The Bertz CT molecular complexity index is 399. The molecule has 0 aromatic carbocycles. The number of nitrogens with one attached hydrogen (secondary N) is 2. The van der Waals surface area contributed by atoms with Gasteiger partial charge in [-0.2, -0.15) is 0 Å². The van der Waals surface area contributed by atoms with E-state index < -0.39 is 0 Å². The summed E-state index contributed by atoms with van der Waals surface area (Å²) in [6, 6.07) is 3.88. The lowest BCUT2D eigenvalue weighted by molar-refractivity contribution is -0.131. The van der Waals surface area contributed by atoms with E-state index >= 15 is 0 Å². The van der Waals surface area contributed by atoms with Crippen LogP contribution in [0.15, 0.2) is 24.5 Å². The molecular weight excluding hydrogens is 226 g/mol. The van der Waals surface area contributed by atoms with E-state index in [1.807, 2.05) is 26.0 Å². The topological polar surface area (TPSA) is 54.0 Å². The monoisotopic (exact) mass is 247 g/mol. The molecule has 0 aliphatic carbocycles. The summed E-state index contributed by atoms with van der Waals surface area (Å²) in [6.45, 7) is 5.80. The normalized spacial score (nSPS) is 25.4. The molecule has 1 saturated heterocycles. The van der Waals surface area contributed by atoms with Crippen molar-refractivity contribution < 1.29 is 4.79 Å². The highest BCUT2D eigenvalue weighted by Gasteiger charge is 2.35. The van der Waals surface area contributed by atoms with Crippen LogP contribution in [0.2, 0.25) is 0 Å². The molecule has 2 heterocycles. The van der Waals surface area contributed by atoms with Crippen molar-refractivity contribution in [2.75, 3.05) is 13.1 Å². The Hall–Kier alpha value is -1.42. The second kappa shape index (κ2) is 5.48. The quantitative estimate of drug-likeness (QED) is 0.854. The predicted octanol–water partition coefficient (Wildman–Crippen LogP) is 1.65. The van der Waals surface area contributed by atoms with Crippen molar-refractivity contribution in [2.45, 2.75) is 32.7 Å². The lowest BCUT2D eigenvalue weighted by Crippen LogP contribution is -2.49. The van der Waals surface area contributed by atoms with Crippen molar-refractivity contribution in [2.24, 2.45) is 5.41 Å². The third-order valence-corrected chi connectivity index (χ3v) is 3.68. The number of hydrogen-bond acceptors (Lipinski definition) is 3. The highest BCUT2D eigenvalue weighted by atomic mass is 16.2. The minimum Gasteiger partial charge on any atom is -0.349 e. The van der Waals surface area contributed by atoms with Gasteiger partial charge in [0.1, 0.15) is 0 Å². The molecule has 2 N–H and O–H groups in total. The number of aromatic nitrogens is 1. The van der Waals surface area contributed by atoms with Gasteiger partial charge in [0.15, 0.2) is 0 Å². The third-order valence-electron chi connectivity index (χ3n) is 3.68. The summed E-state index contributed by atoms with van der Waals surface area (Å²) in [6.07, 6.45) is 5.55. The van der Waals surface area contributed by atoms with Gasteiger partial charge in [0, 0.05) is 18.9 Å². The highest BCUT2D eigenvalue weighted by molar-refractivity contribution is 5.83. The predicted molar refractivity (Wildman–Crippen MR) is 71.0 cm³/mol. The van der Waals surface area contributed by atoms with Gasteiger partial charge in [-0.1, -0.05) is 6.07 Å².